The summed E-state index contributed by atoms with van der Waals surface area (Å²) in [7, 11) is 0. The van der Waals surface area contributed by atoms with Crippen LogP contribution in [0.3, 0.4) is 0 Å². The second kappa shape index (κ2) is 9.62. The van der Waals surface area contributed by atoms with Gasteiger partial charge in [-0.25, -0.2) is 18.2 Å². The highest BCUT2D eigenvalue weighted by Gasteiger charge is 2.26. The van der Waals surface area contributed by atoms with Crippen molar-refractivity contribution in [3.8, 4) is 0 Å². The van der Waals surface area contributed by atoms with Gasteiger partial charge in [-0.15, -0.1) is 0 Å². The summed E-state index contributed by atoms with van der Waals surface area (Å²) < 4.78 is 40.6. The molecule has 2 atom stereocenters. The Balaban J connectivity index is 1.61. The van der Waals surface area contributed by atoms with Crippen LogP contribution in [-0.2, 0) is 0 Å². The van der Waals surface area contributed by atoms with Crippen LogP contribution in [0.4, 0.5) is 19.0 Å². The number of guanidine groups is 1. The van der Waals surface area contributed by atoms with E-state index in [9.17, 15) is 13.2 Å². The van der Waals surface area contributed by atoms with E-state index in [1.165, 1.54) is 12.1 Å². The van der Waals surface area contributed by atoms with Gasteiger partial charge in [-0.05, 0) is 43.2 Å². The number of hydrogen-bond donors (Lipinski definition) is 2. The molecule has 0 amide bonds. The van der Waals surface area contributed by atoms with E-state index >= 15 is 0 Å². The molecule has 1 aromatic heterocycles. The molecule has 0 bridgehead atoms. The Morgan fingerprint density at radius 2 is 2.07 bits per heavy atom. The predicted octanol–water partition coefficient (Wildman–Crippen LogP) is 3.44. The zero-order valence-electron chi connectivity index (χ0n) is 16.6. The lowest BCUT2D eigenvalue weighted by atomic mass is 10.0. The van der Waals surface area contributed by atoms with Gasteiger partial charge in [0, 0.05) is 44.3 Å². The van der Waals surface area contributed by atoms with Gasteiger partial charge in [0.2, 0.25) is 0 Å². The standard InChI is InChI=1S/C21H26F3N5/c1-3-25-21(27-12-14(2)15-6-7-17(22)19(24)11-15)28-16-8-10-29(13-16)20-18(23)5-4-9-26-20/h4-7,9,11,14,16H,3,8,10,12-13H2,1-2H3,(H2,25,27,28). The summed E-state index contributed by atoms with van der Waals surface area (Å²) in [6.45, 7) is 6.33. The third-order valence-electron chi connectivity index (χ3n) is 4.95. The maximum absolute atomic E-state index is 14.0. The molecule has 0 spiro atoms. The number of aromatic nitrogens is 1. The van der Waals surface area contributed by atoms with Crippen molar-refractivity contribution >= 4 is 11.8 Å². The minimum absolute atomic E-state index is 0.0664. The van der Waals surface area contributed by atoms with Crippen LogP contribution in [0.15, 0.2) is 41.5 Å². The second-order valence-electron chi connectivity index (χ2n) is 7.18. The molecule has 2 aromatic rings. The van der Waals surface area contributed by atoms with E-state index in [0.717, 1.165) is 12.5 Å². The lowest BCUT2D eigenvalue weighted by molar-refractivity contribution is 0.505. The van der Waals surface area contributed by atoms with E-state index in [1.807, 2.05) is 18.7 Å². The first-order chi connectivity index (χ1) is 14.0. The van der Waals surface area contributed by atoms with Crippen LogP contribution in [0.5, 0.6) is 0 Å². The number of pyridine rings is 1. The van der Waals surface area contributed by atoms with Crippen molar-refractivity contribution in [2.24, 2.45) is 4.99 Å². The smallest absolute Gasteiger partial charge is 0.191 e. The third kappa shape index (κ3) is 5.40. The van der Waals surface area contributed by atoms with Crippen LogP contribution in [-0.4, -0.2) is 43.2 Å². The topological polar surface area (TPSA) is 52.6 Å². The first-order valence-corrected chi connectivity index (χ1v) is 9.83. The number of nitrogens with one attached hydrogen (secondary N) is 2. The summed E-state index contributed by atoms with van der Waals surface area (Å²) >= 11 is 0. The molecule has 1 aliphatic heterocycles. The highest BCUT2D eigenvalue weighted by Crippen LogP contribution is 2.21. The van der Waals surface area contributed by atoms with Crippen LogP contribution >= 0.6 is 0 Å². The van der Waals surface area contributed by atoms with Crippen LogP contribution in [0.2, 0.25) is 0 Å². The van der Waals surface area contributed by atoms with Gasteiger partial charge in [-0.2, -0.15) is 0 Å². The summed E-state index contributed by atoms with van der Waals surface area (Å²) in [6.07, 6.45) is 2.42. The molecule has 2 unspecified atom stereocenters. The Bertz CT molecular complexity index is 858. The van der Waals surface area contributed by atoms with Crippen molar-refractivity contribution in [2.75, 3.05) is 31.1 Å². The molecule has 1 aromatic carbocycles. The number of hydrogen-bond acceptors (Lipinski definition) is 3. The summed E-state index contributed by atoms with van der Waals surface area (Å²) in [6, 6.07) is 7.02. The molecule has 1 saturated heterocycles. The SMILES string of the molecule is CCNC(=NCC(C)c1ccc(F)c(F)c1)NC1CCN(c2ncccc2F)C1. The maximum atomic E-state index is 14.0. The van der Waals surface area contributed by atoms with Crippen LogP contribution in [0.1, 0.15) is 31.7 Å². The van der Waals surface area contributed by atoms with E-state index in [2.05, 4.69) is 20.6 Å². The average Bonchev–Trinajstić information content (AvgIpc) is 3.16. The minimum Gasteiger partial charge on any atom is -0.357 e. The van der Waals surface area contributed by atoms with Gasteiger partial charge in [0.1, 0.15) is 0 Å². The zero-order chi connectivity index (χ0) is 20.8. The van der Waals surface area contributed by atoms with Crippen LogP contribution in [0.25, 0.3) is 0 Å². The van der Waals surface area contributed by atoms with Gasteiger partial charge in [0.25, 0.3) is 0 Å². The van der Waals surface area contributed by atoms with E-state index in [4.69, 9.17) is 0 Å². The largest absolute Gasteiger partial charge is 0.357 e. The first kappa shape index (κ1) is 21.0. The molecule has 2 heterocycles. The summed E-state index contributed by atoms with van der Waals surface area (Å²) in [5, 5.41) is 6.58. The molecule has 0 saturated carbocycles. The van der Waals surface area contributed by atoms with Crippen molar-refractivity contribution in [3.63, 3.8) is 0 Å². The normalized spacial score (nSPS) is 18.0. The molecule has 5 nitrogen and oxygen atoms in total. The minimum atomic E-state index is -0.852. The second-order valence-corrected chi connectivity index (χ2v) is 7.18. The Hall–Kier alpha value is -2.77. The summed E-state index contributed by atoms with van der Waals surface area (Å²) in [5.74, 6) is -1.08. The monoisotopic (exact) mass is 405 g/mol. The van der Waals surface area contributed by atoms with Crippen LogP contribution < -0.4 is 15.5 Å². The molecule has 0 aliphatic carbocycles. The highest BCUT2D eigenvalue weighted by molar-refractivity contribution is 5.80. The molecular formula is C21H26F3N5. The third-order valence-corrected chi connectivity index (χ3v) is 4.95. The lowest BCUT2D eigenvalue weighted by Gasteiger charge is -2.20. The summed E-state index contributed by atoms with van der Waals surface area (Å²) in [4.78, 5) is 10.6. The number of nitrogens with zero attached hydrogens (tertiary/aromatic N) is 3. The molecule has 3 rings (SSSR count). The van der Waals surface area contributed by atoms with Gasteiger partial charge in [-0.1, -0.05) is 13.0 Å². The van der Waals surface area contributed by atoms with Gasteiger partial charge >= 0.3 is 0 Å². The Morgan fingerprint density at radius 3 is 2.79 bits per heavy atom. The number of rotatable bonds is 6. The zero-order valence-corrected chi connectivity index (χ0v) is 16.6. The Morgan fingerprint density at radius 1 is 1.24 bits per heavy atom. The fraction of sp³-hybridized carbons (Fsp3) is 0.429. The van der Waals surface area contributed by atoms with E-state index in [0.29, 0.717) is 43.5 Å². The predicted molar refractivity (Wildman–Crippen MR) is 109 cm³/mol. The molecule has 8 heteroatoms. The van der Waals surface area contributed by atoms with Gasteiger partial charge in [0.05, 0.1) is 0 Å². The molecule has 0 radical (unpaired) electrons. The molecule has 2 N–H and O–H groups in total. The average molecular weight is 405 g/mol. The van der Waals surface area contributed by atoms with E-state index in [1.54, 1.807) is 18.3 Å². The Labute approximate surface area is 169 Å². The molecule has 1 fully saturated rings. The van der Waals surface area contributed by atoms with Gasteiger partial charge in [0.15, 0.2) is 29.2 Å². The number of aliphatic imine (C=N–C) groups is 1. The maximum Gasteiger partial charge on any atom is 0.191 e. The Kier molecular flexibility index (Phi) is 6.95. The summed E-state index contributed by atoms with van der Waals surface area (Å²) in [5.41, 5.74) is 0.696. The van der Waals surface area contributed by atoms with Crippen LogP contribution in [0, 0.1) is 17.5 Å². The van der Waals surface area contributed by atoms with Crippen molar-refractivity contribution in [3.05, 3.63) is 59.5 Å². The van der Waals surface area contributed by atoms with E-state index < -0.39 is 11.6 Å². The lowest BCUT2D eigenvalue weighted by Crippen LogP contribution is -2.44. The van der Waals surface area contributed by atoms with Gasteiger partial charge in [-0.3, -0.25) is 4.99 Å². The number of halogens is 3. The van der Waals surface area contributed by atoms with Crippen molar-refractivity contribution < 1.29 is 13.2 Å². The van der Waals surface area contributed by atoms with Crippen molar-refractivity contribution in [1.82, 2.24) is 15.6 Å². The van der Waals surface area contributed by atoms with E-state index in [-0.39, 0.29) is 17.8 Å². The molecular weight excluding hydrogens is 379 g/mol. The fourth-order valence-corrected chi connectivity index (χ4v) is 3.35. The highest BCUT2D eigenvalue weighted by atomic mass is 19.2. The van der Waals surface area contributed by atoms with Crippen molar-refractivity contribution in [2.45, 2.75) is 32.2 Å². The number of anilines is 1. The molecule has 29 heavy (non-hydrogen) atoms. The fourth-order valence-electron chi connectivity index (χ4n) is 3.35. The quantitative estimate of drug-likeness (QED) is 0.571. The first-order valence-electron chi connectivity index (χ1n) is 9.83. The molecule has 1 aliphatic rings. The van der Waals surface area contributed by atoms with Crippen molar-refractivity contribution in [1.29, 1.82) is 0 Å². The van der Waals surface area contributed by atoms with Gasteiger partial charge < -0.3 is 15.5 Å². The number of benzene rings is 1. The molecule has 156 valence electrons.